The number of hydrogen-bond donors (Lipinski definition) is 1. The molecule has 0 aromatic carbocycles. The Balaban J connectivity index is 1.97. The normalized spacial score (nSPS) is 12.0. The molecule has 0 atom stereocenters. The number of ether oxygens (including phenoxy) is 1. The van der Waals surface area contributed by atoms with Crippen LogP contribution >= 0.6 is 0 Å². The highest BCUT2D eigenvalue weighted by atomic mass is 32.2. The first kappa shape index (κ1) is 16.5. The first-order valence-electron chi connectivity index (χ1n) is 7.42. The summed E-state index contributed by atoms with van der Waals surface area (Å²) < 4.78 is 36.5. The minimum atomic E-state index is -3.78. The summed E-state index contributed by atoms with van der Waals surface area (Å²) in [7, 11) is -2.17. The van der Waals surface area contributed by atoms with Crippen molar-refractivity contribution in [3.05, 3.63) is 42.0 Å². The van der Waals surface area contributed by atoms with Crippen molar-refractivity contribution in [3.8, 4) is 0 Å². The molecule has 0 bridgehead atoms. The fourth-order valence-electron chi connectivity index (χ4n) is 2.53. The van der Waals surface area contributed by atoms with Crippen molar-refractivity contribution in [2.75, 3.05) is 18.4 Å². The molecule has 3 rings (SSSR count). The first-order chi connectivity index (χ1) is 11.4. The number of anilines is 1. The standard InChI is InChI=1S/C15H19N5O3S/c1-11-15(12(2)20(17-11)8-9-23-3)18-24(21,22)14-10-16-13-6-4-5-7-19(13)14/h4-7,10,18H,8-9H2,1-3H3. The molecule has 0 fully saturated rings. The summed E-state index contributed by atoms with van der Waals surface area (Å²) in [5.41, 5.74) is 2.40. The Labute approximate surface area is 140 Å². The van der Waals surface area contributed by atoms with Gasteiger partial charge in [0, 0.05) is 13.3 Å². The molecular formula is C15H19N5O3S. The number of nitrogens with zero attached hydrogens (tertiary/aromatic N) is 4. The van der Waals surface area contributed by atoms with Crippen LogP contribution < -0.4 is 4.72 Å². The maximum atomic E-state index is 12.8. The SMILES string of the molecule is COCCn1nc(C)c(NS(=O)(=O)c2cnc3ccccn23)c1C. The largest absolute Gasteiger partial charge is 0.383 e. The van der Waals surface area contributed by atoms with E-state index in [4.69, 9.17) is 4.74 Å². The van der Waals surface area contributed by atoms with Crippen LogP contribution in [0.5, 0.6) is 0 Å². The number of nitrogens with one attached hydrogen (secondary N) is 1. The predicted molar refractivity (Wildman–Crippen MR) is 89.6 cm³/mol. The molecule has 3 aromatic rings. The van der Waals surface area contributed by atoms with Gasteiger partial charge in [-0.3, -0.25) is 13.8 Å². The topological polar surface area (TPSA) is 90.5 Å². The van der Waals surface area contributed by atoms with Crippen molar-refractivity contribution in [3.63, 3.8) is 0 Å². The van der Waals surface area contributed by atoms with E-state index in [1.807, 2.05) is 6.92 Å². The van der Waals surface area contributed by atoms with E-state index in [1.165, 1.54) is 10.6 Å². The van der Waals surface area contributed by atoms with Crippen LogP contribution in [0.4, 0.5) is 5.69 Å². The van der Waals surface area contributed by atoms with Gasteiger partial charge in [0.15, 0.2) is 5.03 Å². The highest BCUT2D eigenvalue weighted by Crippen LogP contribution is 2.23. The van der Waals surface area contributed by atoms with E-state index >= 15 is 0 Å². The van der Waals surface area contributed by atoms with Gasteiger partial charge in [-0.05, 0) is 26.0 Å². The molecule has 0 unspecified atom stereocenters. The summed E-state index contributed by atoms with van der Waals surface area (Å²) in [5.74, 6) is 0. The van der Waals surface area contributed by atoms with Gasteiger partial charge in [-0.1, -0.05) is 6.07 Å². The summed E-state index contributed by atoms with van der Waals surface area (Å²) in [6.45, 7) is 4.65. The van der Waals surface area contributed by atoms with Gasteiger partial charge in [0.1, 0.15) is 5.65 Å². The number of aromatic nitrogens is 4. The highest BCUT2D eigenvalue weighted by molar-refractivity contribution is 7.92. The maximum Gasteiger partial charge on any atom is 0.279 e. The van der Waals surface area contributed by atoms with Crippen molar-refractivity contribution >= 4 is 21.4 Å². The zero-order chi connectivity index (χ0) is 17.3. The quantitative estimate of drug-likeness (QED) is 0.730. The van der Waals surface area contributed by atoms with Crippen molar-refractivity contribution in [2.24, 2.45) is 0 Å². The van der Waals surface area contributed by atoms with Gasteiger partial charge >= 0.3 is 0 Å². The van der Waals surface area contributed by atoms with E-state index in [2.05, 4.69) is 14.8 Å². The third-order valence-electron chi connectivity index (χ3n) is 3.78. The van der Waals surface area contributed by atoms with Crippen LogP contribution in [0.1, 0.15) is 11.4 Å². The fraction of sp³-hybridized carbons (Fsp3) is 0.333. The molecule has 0 saturated heterocycles. The first-order valence-corrected chi connectivity index (χ1v) is 8.90. The number of rotatable bonds is 6. The Morgan fingerprint density at radius 3 is 2.83 bits per heavy atom. The van der Waals surface area contributed by atoms with Crippen LogP contribution in [-0.4, -0.2) is 41.3 Å². The molecule has 0 saturated carbocycles. The number of aryl methyl sites for hydroxylation is 1. The summed E-state index contributed by atoms with van der Waals surface area (Å²) in [6.07, 6.45) is 3.01. The van der Waals surface area contributed by atoms with Gasteiger partial charge in [0.2, 0.25) is 0 Å². The number of imidazole rings is 1. The number of hydrogen-bond acceptors (Lipinski definition) is 5. The van der Waals surface area contributed by atoms with Gasteiger partial charge in [-0.15, -0.1) is 0 Å². The zero-order valence-electron chi connectivity index (χ0n) is 13.7. The molecular weight excluding hydrogens is 330 g/mol. The molecule has 24 heavy (non-hydrogen) atoms. The Hall–Kier alpha value is -2.39. The molecule has 0 amide bonds. The third kappa shape index (κ3) is 2.87. The van der Waals surface area contributed by atoms with E-state index < -0.39 is 10.0 Å². The molecule has 3 heterocycles. The number of methoxy groups -OCH3 is 1. The molecule has 128 valence electrons. The van der Waals surface area contributed by atoms with Gasteiger partial charge in [0.25, 0.3) is 10.0 Å². The molecule has 0 aliphatic carbocycles. The van der Waals surface area contributed by atoms with Crippen molar-refractivity contribution < 1.29 is 13.2 Å². The summed E-state index contributed by atoms with van der Waals surface area (Å²) in [4.78, 5) is 4.12. The molecule has 8 nitrogen and oxygen atoms in total. The number of pyridine rings is 1. The molecule has 1 N–H and O–H groups in total. The fourth-order valence-corrected chi connectivity index (χ4v) is 3.81. The van der Waals surface area contributed by atoms with Crippen LogP contribution in [0.3, 0.4) is 0 Å². The van der Waals surface area contributed by atoms with Gasteiger partial charge in [-0.25, -0.2) is 4.98 Å². The molecule has 3 aromatic heterocycles. The van der Waals surface area contributed by atoms with Crippen LogP contribution in [0.15, 0.2) is 35.6 Å². The van der Waals surface area contributed by atoms with Crippen molar-refractivity contribution in [1.82, 2.24) is 19.2 Å². The second-order valence-corrected chi connectivity index (χ2v) is 7.02. The van der Waals surface area contributed by atoms with Gasteiger partial charge in [0.05, 0.1) is 36.4 Å². The number of fused-ring (bicyclic) bond motifs is 1. The average Bonchev–Trinajstić information content (AvgIpc) is 3.10. The predicted octanol–water partition coefficient (Wildman–Crippen LogP) is 1.59. The zero-order valence-corrected chi connectivity index (χ0v) is 14.5. The molecule has 9 heteroatoms. The lowest BCUT2D eigenvalue weighted by Crippen LogP contribution is -2.16. The van der Waals surface area contributed by atoms with E-state index in [0.717, 1.165) is 5.69 Å². The molecule has 0 aliphatic heterocycles. The van der Waals surface area contributed by atoms with E-state index in [9.17, 15) is 8.42 Å². The van der Waals surface area contributed by atoms with Crippen molar-refractivity contribution in [1.29, 1.82) is 0 Å². The average molecular weight is 349 g/mol. The van der Waals surface area contributed by atoms with Crippen LogP contribution in [0, 0.1) is 13.8 Å². The van der Waals surface area contributed by atoms with E-state index in [1.54, 1.807) is 43.1 Å². The molecule has 0 aliphatic rings. The van der Waals surface area contributed by atoms with E-state index in [0.29, 0.717) is 30.2 Å². The second-order valence-electron chi connectivity index (χ2n) is 5.39. The Kier molecular flexibility index (Phi) is 4.29. The van der Waals surface area contributed by atoms with E-state index in [-0.39, 0.29) is 5.03 Å². The third-order valence-corrected chi connectivity index (χ3v) is 5.11. The lowest BCUT2D eigenvalue weighted by molar-refractivity contribution is 0.182. The lowest BCUT2D eigenvalue weighted by Gasteiger charge is -2.09. The van der Waals surface area contributed by atoms with Gasteiger partial charge < -0.3 is 4.74 Å². The molecule has 0 radical (unpaired) electrons. The van der Waals surface area contributed by atoms with Crippen LogP contribution in [0.2, 0.25) is 0 Å². The minimum absolute atomic E-state index is 0.0848. The Morgan fingerprint density at radius 2 is 2.08 bits per heavy atom. The summed E-state index contributed by atoms with van der Waals surface area (Å²) in [5, 5.41) is 4.45. The van der Waals surface area contributed by atoms with Crippen LogP contribution in [0.25, 0.3) is 5.65 Å². The Bertz CT molecular complexity index is 974. The van der Waals surface area contributed by atoms with Crippen LogP contribution in [-0.2, 0) is 21.3 Å². The highest BCUT2D eigenvalue weighted by Gasteiger charge is 2.23. The monoisotopic (exact) mass is 349 g/mol. The summed E-state index contributed by atoms with van der Waals surface area (Å²) >= 11 is 0. The smallest absolute Gasteiger partial charge is 0.279 e. The van der Waals surface area contributed by atoms with Gasteiger partial charge in [-0.2, -0.15) is 13.5 Å². The molecule has 0 spiro atoms. The summed E-state index contributed by atoms with van der Waals surface area (Å²) in [6, 6.07) is 5.31. The Morgan fingerprint density at radius 1 is 1.29 bits per heavy atom. The second kappa shape index (κ2) is 6.25. The maximum absolute atomic E-state index is 12.8. The lowest BCUT2D eigenvalue weighted by atomic mass is 10.3. The minimum Gasteiger partial charge on any atom is -0.383 e. The van der Waals surface area contributed by atoms with Crippen molar-refractivity contribution in [2.45, 2.75) is 25.4 Å². The number of sulfonamides is 1.